The molecular weight excluding hydrogens is 420 g/mol. The second kappa shape index (κ2) is 9.84. The van der Waals surface area contributed by atoms with Crippen LogP contribution in [0.1, 0.15) is 60.3 Å². The fourth-order valence-electron chi connectivity index (χ4n) is 6.08. The monoisotopic (exact) mass is 464 g/mol. The Bertz CT molecular complexity index is 724. The van der Waals surface area contributed by atoms with Crippen molar-refractivity contribution < 1.29 is 23.7 Å². The third-order valence-corrected chi connectivity index (χ3v) is 8.45. The van der Waals surface area contributed by atoms with Crippen molar-refractivity contribution >= 4 is 6.09 Å². The molecule has 0 radical (unpaired) electrons. The summed E-state index contributed by atoms with van der Waals surface area (Å²) >= 11 is 0. The van der Waals surface area contributed by atoms with Crippen LogP contribution in [0.3, 0.4) is 0 Å². The molecule has 3 aliphatic heterocycles. The molecule has 4 aliphatic rings. The van der Waals surface area contributed by atoms with Crippen molar-refractivity contribution in [1.82, 2.24) is 9.80 Å². The van der Waals surface area contributed by atoms with Gasteiger partial charge < -0.3 is 28.7 Å². The molecule has 1 saturated carbocycles. The molecule has 7 heteroatoms. The third-order valence-electron chi connectivity index (χ3n) is 8.45. The van der Waals surface area contributed by atoms with Crippen LogP contribution in [0.25, 0.3) is 0 Å². The molecule has 0 bridgehead atoms. The van der Waals surface area contributed by atoms with E-state index in [1.54, 1.807) is 7.11 Å². The third kappa shape index (κ3) is 5.12. The number of amides is 1. The van der Waals surface area contributed by atoms with E-state index in [1.165, 1.54) is 5.57 Å². The van der Waals surface area contributed by atoms with Crippen LogP contribution in [0.2, 0.25) is 0 Å². The Labute approximate surface area is 199 Å². The Kier molecular flexibility index (Phi) is 7.44. The second-order valence-electron chi connectivity index (χ2n) is 10.9. The van der Waals surface area contributed by atoms with Crippen molar-refractivity contribution in [1.29, 1.82) is 0 Å². The zero-order chi connectivity index (χ0) is 23.8. The van der Waals surface area contributed by atoms with Gasteiger partial charge in [0.05, 0.1) is 18.6 Å². The van der Waals surface area contributed by atoms with Crippen LogP contribution in [0.15, 0.2) is 11.6 Å². The minimum Gasteiger partial charge on any atom is -0.443 e. The molecule has 6 atom stereocenters. The molecule has 7 nitrogen and oxygen atoms in total. The molecule has 3 saturated heterocycles. The SMILES string of the molecule is CCN(CC)CCC1CN(C(=O)OC2CCC3(CO3)C([C@@]3(C)O[C@@H]3CC=C(C)C)C2OC)C1. The first-order valence-electron chi connectivity index (χ1n) is 12.9. The van der Waals surface area contributed by atoms with E-state index in [0.717, 1.165) is 65.0 Å². The number of likely N-dealkylation sites (tertiary alicyclic amines) is 1. The largest absolute Gasteiger partial charge is 0.443 e. The van der Waals surface area contributed by atoms with Crippen LogP contribution < -0.4 is 0 Å². The predicted molar refractivity (Wildman–Crippen MR) is 127 cm³/mol. The van der Waals surface area contributed by atoms with Crippen LogP contribution in [0, 0.1) is 11.8 Å². The molecular formula is C26H44N2O5. The molecule has 0 N–H and O–H groups in total. The van der Waals surface area contributed by atoms with E-state index in [2.05, 4.69) is 45.6 Å². The summed E-state index contributed by atoms with van der Waals surface area (Å²) in [5.41, 5.74) is 0.805. The lowest BCUT2D eigenvalue weighted by atomic mass is 9.68. The van der Waals surface area contributed by atoms with Gasteiger partial charge in [0.1, 0.15) is 23.4 Å². The standard InChI is InChI=1S/C26H44N2O5/c1-7-27(8-2)14-12-19-15-28(16-19)24(29)32-20-11-13-26(17-31-26)23(22(20)30-6)25(5)21(33-25)10-9-18(3)4/h9,19-23H,7-8,10-17H2,1-6H3/t20?,21-,22?,23?,25+,26?/m1/s1. The van der Waals surface area contributed by atoms with Crippen molar-refractivity contribution in [2.45, 2.75) is 89.8 Å². The molecule has 0 aromatic carbocycles. The minimum absolute atomic E-state index is 0.0651. The summed E-state index contributed by atoms with van der Waals surface area (Å²) in [6.45, 7) is 16.4. The highest BCUT2D eigenvalue weighted by Gasteiger charge is 2.72. The summed E-state index contributed by atoms with van der Waals surface area (Å²) in [5.74, 6) is 0.642. The quantitative estimate of drug-likeness (QED) is 0.361. The van der Waals surface area contributed by atoms with Crippen molar-refractivity contribution in [2.75, 3.05) is 46.4 Å². The Morgan fingerprint density at radius 1 is 1.24 bits per heavy atom. The summed E-state index contributed by atoms with van der Waals surface area (Å²) in [6, 6.07) is 0. The summed E-state index contributed by atoms with van der Waals surface area (Å²) < 4.78 is 24.3. The van der Waals surface area contributed by atoms with E-state index in [4.69, 9.17) is 18.9 Å². The molecule has 33 heavy (non-hydrogen) atoms. The van der Waals surface area contributed by atoms with Gasteiger partial charge in [0.15, 0.2) is 0 Å². The van der Waals surface area contributed by atoms with Crippen LogP contribution in [-0.2, 0) is 18.9 Å². The Morgan fingerprint density at radius 3 is 2.52 bits per heavy atom. The molecule has 0 aromatic heterocycles. The maximum atomic E-state index is 12.9. The lowest BCUT2D eigenvalue weighted by Gasteiger charge is -2.44. The molecule has 188 valence electrons. The van der Waals surface area contributed by atoms with E-state index in [9.17, 15) is 4.79 Å². The number of allylic oxidation sites excluding steroid dienone is 1. The molecule has 1 spiro atoms. The molecule has 1 amide bonds. The number of hydrogen-bond donors (Lipinski definition) is 0. The molecule has 4 unspecified atom stereocenters. The zero-order valence-corrected chi connectivity index (χ0v) is 21.5. The first kappa shape index (κ1) is 25.0. The number of nitrogens with zero attached hydrogens (tertiary/aromatic N) is 2. The van der Waals surface area contributed by atoms with Gasteiger partial charge in [-0.1, -0.05) is 25.5 Å². The van der Waals surface area contributed by atoms with E-state index in [1.807, 2.05) is 4.90 Å². The van der Waals surface area contributed by atoms with Gasteiger partial charge in [-0.25, -0.2) is 4.79 Å². The van der Waals surface area contributed by atoms with E-state index in [0.29, 0.717) is 5.92 Å². The summed E-state index contributed by atoms with van der Waals surface area (Å²) in [6.07, 6.45) is 5.41. The predicted octanol–water partition coefficient (Wildman–Crippen LogP) is 3.86. The van der Waals surface area contributed by atoms with Gasteiger partial charge in [0, 0.05) is 20.2 Å². The maximum absolute atomic E-state index is 12.9. The molecule has 1 aliphatic carbocycles. The van der Waals surface area contributed by atoms with E-state index in [-0.39, 0.29) is 41.5 Å². The van der Waals surface area contributed by atoms with Gasteiger partial charge in [-0.2, -0.15) is 0 Å². The zero-order valence-electron chi connectivity index (χ0n) is 21.5. The highest BCUT2D eigenvalue weighted by Crippen LogP contribution is 2.59. The van der Waals surface area contributed by atoms with Gasteiger partial charge in [-0.05, 0) is 72.0 Å². The highest BCUT2D eigenvalue weighted by molar-refractivity contribution is 5.69. The van der Waals surface area contributed by atoms with Gasteiger partial charge in [0.25, 0.3) is 0 Å². The minimum atomic E-state index is -0.305. The lowest BCUT2D eigenvalue weighted by Crippen LogP contribution is -2.57. The normalized spacial score (nSPS) is 37.7. The lowest BCUT2D eigenvalue weighted by molar-refractivity contribution is -0.124. The van der Waals surface area contributed by atoms with Crippen LogP contribution in [0.5, 0.6) is 0 Å². The summed E-state index contributed by atoms with van der Waals surface area (Å²) in [5, 5.41) is 0. The first-order chi connectivity index (χ1) is 15.8. The van der Waals surface area contributed by atoms with Crippen LogP contribution >= 0.6 is 0 Å². The van der Waals surface area contributed by atoms with Crippen LogP contribution in [-0.4, -0.2) is 91.8 Å². The van der Waals surface area contributed by atoms with Gasteiger partial charge in [-0.15, -0.1) is 0 Å². The number of hydrogen-bond acceptors (Lipinski definition) is 6. The van der Waals surface area contributed by atoms with Gasteiger partial charge >= 0.3 is 6.09 Å². The number of rotatable bonds is 10. The highest BCUT2D eigenvalue weighted by atomic mass is 16.6. The summed E-state index contributed by atoms with van der Waals surface area (Å²) in [7, 11) is 1.73. The fraction of sp³-hybridized carbons (Fsp3) is 0.885. The van der Waals surface area contributed by atoms with Crippen LogP contribution in [0.4, 0.5) is 4.79 Å². The van der Waals surface area contributed by atoms with E-state index >= 15 is 0 Å². The van der Waals surface area contributed by atoms with Gasteiger partial charge in [-0.3, -0.25) is 0 Å². The topological polar surface area (TPSA) is 67.1 Å². The molecule has 3 heterocycles. The molecule has 0 aromatic rings. The smallest absolute Gasteiger partial charge is 0.410 e. The first-order valence-corrected chi connectivity index (χ1v) is 12.9. The molecule has 4 fully saturated rings. The average Bonchev–Trinajstić information content (AvgIpc) is 3.66. The Hall–Kier alpha value is -1.15. The van der Waals surface area contributed by atoms with Crippen molar-refractivity contribution in [3.05, 3.63) is 11.6 Å². The number of epoxide rings is 2. The number of methoxy groups -OCH3 is 1. The number of carbonyl (C=O) groups excluding carboxylic acids is 1. The molecule has 4 rings (SSSR count). The van der Waals surface area contributed by atoms with Crippen molar-refractivity contribution in [3.8, 4) is 0 Å². The number of carbonyl (C=O) groups is 1. The maximum Gasteiger partial charge on any atom is 0.410 e. The van der Waals surface area contributed by atoms with Gasteiger partial charge in [0.2, 0.25) is 0 Å². The van der Waals surface area contributed by atoms with E-state index < -0.39 is 0 Å². The fourth-order valence-corrected chi connectivity index (χ4v) is 6.08. The van der Waals surface area contributed by atoms with Crippen molar-refractivity contribution in [3.63, 3.8) is 0 Å². The Morgan fingerprint density at radius 2 is 1.94 bits per heavy atom. The summed E-state index contributed by atoms with van der Waals surface area (Å²) in [4.78, 5) is 17.2. The second-order valence-corrected chi connectivity index (χ2v) is 10.9. The number of ether oxygens (including phenoxy) is 4. The van der Waals surface area contributed by atoms with Crippen molar-refractivity contribution in [2.24, 2.45) is 11.8 Å². The Balaban J connectivity index is 1.33. The average molecular weight is 465 g/mol.